The summed E-state index contributed by atoms with van der Waals surface area (Å²) in [5, 5.41) is 9.37. The highest BCUT2D eigenvalue weighted by Gasteiger charge is 2.18. The molecule has 0 radical (unpaired) electrons. The van der Waals surface area contributed by atoms with Gasteiger partial charge < -0.3 is 5.11 Å². The predicted molar refractivity (Wildman–Crippen MR) is 42.2 cm³/mol. The maximum absolute atomic E-state index is 9.37. The minimum atomic E-state index is -0.229. The molecule has 1 rings (SSSR count). The van der Waals surface area contributed by atoms with E-state index in [2.05, 4.69) is 0 Å². The second-order valence-electron chi connectivity index (χ2n) is 2.70. The molecular weight excluding hydrogens is 150 g/mol. The monoisotopic (exact) mass is 163 g/mol. The van der Waals surface area contributed by atoms with Crippen LogP contribution in [-0.2, 0) is 0 Å². The maximum atomic E-state index is 9.37. The molecule has 0 amide bonds. The van der Waals surface area contributed by atoms with Crippen molar-refractivity contribution in [2.45, 2.75) is 25.5 Å². The van der Waals surface area contributed by atoms with Crippen LogP contribution in [0.3, 0.4) is 0 Å². The number of rotatable bonds is 2. The van der Waals surface area contributed by atoms with Crippen LogP contribution in [0.15, 0.2) is 0 Å². The van der Waals surface area contributed by atoms with E-state index in [4.69, 9.17) is 11.6 Å². The molecule has 0 spiro atoms. The lowest BCUT2D eigenvalue weighted by molar-refractivity contribution is -0.0195. The zero-order valence-corrected chi connectivity index (χ0v) is 6.85. The third-order valence-electron chi connectivity index (χ3n) is 1.95. The van der Waals surface area contributed by atoms with Crippen LogP contribution < -0.4 is 0 Å². The van der Waals surface area contributed by atoms with Gasteiger partial charge in [0.15, 0.2) is 0 Å². The Labute approximate surface area is 66.8 Å². The molecule has 1 aliphatic heterocycles. The zero-order valence-electron chi connectivity index (χ0n) is 6.09. The maximum Gasteiger partial charge on any atom is 0.107 e. The van der Waals surface area contributed by atoms with E-state index in [0.29, 0.717) is 5.88 Å². The molecule has 0 aromatic heterocycles. The number of piperidine rings is 1. The van der Waals surface area contributed by atoms with Crippen molar-refractivity contribution in [3.63, 3.8) is 0 Å². The Hall–Kier alpha value is 0.210. The number of hydrogen-bond donors (Lipinski definition) is 1. The molecule has 3 heteroatoms. The van der Waals surface area contributed by atoms with E-state index in [1.54, 1.807) is 0 Å². The van der Waals surface area contributed by atoms with E-state index in [1.165, 1.54) is 6.42 Å². The van der Waals surface area contributed by atoms with Gasteiger partial charge in [0.25, 0.3) is 0 Å². The van der Waals surface area contributed by atoms with Crippen molar-refractivity contribution in [1.82, 2.24) is 4.90 Å². The topological polar surface area (TPSA) is 23.5 Å². The number of hydrogen-bond acceptors (Lipinski definition) is 2. The van der Waals surface area contributed by atoms with Crippen LogP contribution >= 0.6 is 11.6 Å². The molecule has 2 nitrogen and oxygen atoms in total. The molecule has 1 fully saturated rings. The zero-order chi connectivity index (χ0) is 7.40. The van der Waals surface area contributed by atoms with Crippen LogP contribution in [0, 0.1) is 0 Å². The van der Waals surface area contributed by atoms with E-state index in [9.17, 15) is 5.11 Å². The van der Waals surface area contributed by atoms with Gasteiger partial charge in [0.05, 0.1) is 0 Å². The molecule has 1 N–H and O–H groups in total. The number of aliphatic hydroxyl groups is 1. The minimum Gasteiger partial charge on any atom is -0.378 e. The lowest BCUT2D eigenvalue weighted by Gasteiger charge is -2.31. The molecule has 0 aliphatic carbocycles. The number of alkyl halides is 1. The second-order valence-corrected chi connectivity index (χ2v) is 3.08. The average Bonchev–Trinajstić information content (AvgIpc) is 1.94. The first-order valence-electron chi connectivity index (χ1n) is 3.82. The van der Waals surface area contributed by atoms with Crippen molar-refractivity contribution in [3.8, 4) is 0 Å². The minimum absolute atomic E-state index is 0.229. The Morgan fingerprint density at radius 1 is 1.50 bits per heavy atom. The lowest BCUT2D eigenvalue weighted by atomic mass is 10.1. The molecule has 0 aromatic rings. The summed E-state index contributed by atoms with van der Waals surface area (Å²) in [7, 11) is 0. The van der Waals surface area contributed by atoms with Gasteiger partial charge in [-0.05, 0) is 19.3 Å². The van der Waals surface area contributed by atoms with Crippen molar-refractivity contribution < 1.29 is 5.11 Å². The predicted octanol–water partition coefficient (Wildman–Crippen LogP) is 1.03. The smallest absolute Gasteiger partial charge is 0.107 e. The van der Waals surface area contributed by atoms with Crippen LogP contribution in [0.2, 0.25) is 0 Å². The Morgan fingerprint density at radius 2 is 2.30 bits per heavy atom. The van der Waals surface area contributed by atoms with Gasteiger partial charge in [-0.2, -0.15) is 0 Å². The van der Waals surface area contributed by atoms with E-state index in [-0.39, 0.29) is 6.23 Å². The summed E-state index contributed by atoms with van der Waals surface area (Å²) in [5.74, 6) is 0.622. The highest BCUT2D eigenvalue weighted by molar-refractivity contribution is 6.18. The standard InChI is InChI=1S/C7H14ClNO/c8-4-6-9-5-2-1-3-7(9)10/h7,10H,1-6H2/t7-/m0/s1. The summed E-state index contributed by atoms with van der Waals surface area (Å²) in [6, 6.07) is 0. The number of halogens is 1. The molecule has 0 aromatic carbocycles. The summed E-state index contributed by atoms with van der Waals surface area (Å²) in [5.41, 5.74) is 0. The number of likely N-dealkylation sites (tertiary alicyclic amines) is 1. The fourth-order valence-corrected chi connectivity index (χ4v) is 1.56. The highest BCUT2D eigenvalue weighted by Crippen LogP contribution is 2.13. The van der Waals surface area contributed by atoms with E-state index in [1.807, 2.05) is 4.90 Å². The summed E-state index contributed by atoms with van der Waals surface area (Å²) in [6.07, 6.45) is 3.04. The number of nitrogens with zero attached hydrogens (tertiary/aromatic N) is 1. The van der Waals surface area contributed by atoms with Gasteiger partial charge in [0, 0.05) is 19.0 Å². The van der Waals surface area contributed by atoms with Crippen LogP contribution in [0.4, 0.5) is 0 Å². The lowest BCUT2D eigenvalue weighted by Crippen LogP contribution is -2.40. The molecule has 0 saturated carbocycles. The van der Waals surface area contributed by atoms with E-state index >= 15 is 0 Å². The normalized spacial score (nSPS) is 28.8. The molecular formula is C7H14ClNO. The molecule has 1 heterocycles. The molecule has 1 saturated heterocycles. The van der Waals surface area contributed by atoms with Gasteiger partial charge in [-0.3, -0.25) is 4.90 Å². The van der Waals surface area contributed by atoms with Crippen molar-refractivity contribution in [3.05, 3.63) is 0 Å². The van der Waals surface area contributed by atoms with Crippen LogP contribution in [0.5, 0.6) is 0 Å². The fourth-order valence-electron chi connectivity index (χ4n) is 1.34. The Bertz CT molecular complexity index is 97.6. The summed E-state index contributed by atoms with van der Waals surface area (Å²) in [6.45, 7) is 1.83. The largest absolute Gasteiger partial charge is 0.378 e. The summed E-state index contributed by atoms with van der Waals surface area (Å²) >= 11 is 5.55. The third-order valence-corrected chi connectivity index (χ3v) is 2.12. The average molecular weight is 164 g/mol. The molecule has 0 bridgehead atoms. The quantitative estimate of drug-likeness (QED) is 0.615. The van der Waals surface area contributed by atoms with E-state index < -0.39 is 0 Å². The Morgan fingerprint density at radius 3 is 2.90 bits per heavy atom. The van der Waals surface area contributed by atoms with Gasteiger partial charge in [-0.15, -0.1) is 11.6 Å². The SMILES string of the molecule is O[C@H]1CCCCN1CCCl. The van der Waals surface area contributed by atoms with Crippen molar-refractivity contribution in [2.24, 2.45) is 0 Å². The Balaban J connectivity index is 2.25. The Kier molecular flexibility index (Phi) is 3.46. The fraction of sp³-hybridized carbons (Fsp3) is 1.00. The van der Waals surface area contributed by atoms with Crippen LogP contribution in [0.1, 0.15) is 19.3 Å². The molecule has 10 heavy (non-hydrogen) atoms. The van der Waals surface area contributed by atoms with Gasteiger partial charge in [-0.1, -0.05) is 0 Å². The molecule has 0 unspecified atom stereocenters. The molecule has 60 valence electrons. The van der Waals surface area contributed by atoms with Crippen molar-refractivity contribution in [2.75, 3.05) is 19.0 Å². The van der Waals surface area contributed by atoms with Gasteiger partial charge >= 0.3 is 0 Å². The first-order valence-corrected chi connectivity index (χ1v) is 4.36. The first kappa shape index (κ1) is 8.31. The molecule has 1 atom stereocenters. The summed E-state index contributed by atoms with van der Waals surface area (Å²) in [4.78, 5) is 2.04. The van der Waals surface area contributed by atoms with E-state index in [0.717, 1.165) is 25.9 Å². The summed E-state index contributed by atoms with van der Waals surface area (Å²) < 4.78 is 0. The third kappa shape index (κ3) is 2.11. The number of aliphatic hydroxyl groups excluding tert-OH is 1. The van der Waals surface area contributed by atoms with Gasteiger partial charge in [0.2, 0.25) is 0 Å². The van der Waals surface area contributed by atoms with Crippen molar-refractivity contribution >= 4 is 11.6 Å². The van der Waals surface area contributed by atoms with Gasteiger partial charge in [0.1, 0.15) is 6.23 Å². The molecule has 1 aliphatic rings. The van der Waals surface area contributed by atoms with Gasteiger partial charge in [-0.25, -0.2) is 0 Å². The highest BCUT2D eigenvalue weighted by atomic mass is 35.5. The van der Waals surface area contributed by atoms with Crippen LogP contribution in [0.25, 0.3) is 0 Å². The van der Waals surface area contributed by atoms with Crippen molar-refractivity contribution in [1.29, 1.82) is 0 Å². The first-order chi connectivity index (χ1) is 4.84. The second kappa shape index (κ2) is 4.16. The van der Waals surface area contributed by atoms with Crippen LogP contribution in [-0.4, -0.2) is 35.2 Å².